The third-order valence-electron chi connectivity index (χ3n) is 4.22. The first-order chi connectivity index (χ1) is 10.2. The Labute approximate surface area is 131 Å². The summed E-state index contributed by atoms with van der Waals surface area (Å²) in [6.07, 6.45) is 5.11. The lowest BCUT2D eigenvalue weighted by Crippen LogP contribution is -2.39. The van der Waals surface area contributed by atoms with Crippen LogP contribution in [-0.2, 0) is 6.54 Å². The van der Waals surface area contributed by atoms with E-state index >= 15 is 0 Å². The van der Waals surface area contributed by atoms with Crippen LogP contribution in [0.25, 0.3) is 10.9 Å². The Morgan fingerprint density at radius 3 is 2.71 bits per heavy atom. The van der Waals surface area contributed by atoms with E-state index in [1.54, 1.807) is 0 Å². The number of nitrogens with zero attached hydrogens (tertiary/aromatic N) is 2. The van der Waals surface area contributed by atoms with Crippen molar-refractivity contribution in [1.29, 1.82) is 0 Å². The third-order valence-corrected chi connectivity index (χ3v) is 4.35. The van der Waals surface area contributed by atoms with Gasteiger partial charge in [-0.05, 0) is 25.0 Å². The summed E-state index contributed by atoms with van der Waals surface area (Å²) in [5.41, 5.74) is 7.92. The molecule has 0 atom stereocenters. The summed E-state index contributed by atoms with van der Waals surface area (Å²) in [5.74, 6) is 0. The topological polar surface area (TPSA) is 42.1 Å². The Kier molecular flexibility index (Phi) is 4.46. The summed E-state index contributed by atoms with van der Waals surface area (Å²) < 4.78 is 0. The van der Waals surface area contributed by atoms with Gasteiger partial charge < -0.3 is 5.73 Å². The van der Waals surface area contributed by atoms with E-state index in [4.69, 9.17) is 22.9 Å². The zero-order chi connectivity index (χ0) is 14.7. The Bertz CT molecular complexity index is 635. The van der Waals surface area contributed by atoms with Crippen molar-refractivity contribution in [2.75, 3.05) is 6.54 Å². The van der Waals surface area contributed by atoms with E-state index in [2.05, 4.69) is 29.2 Å². The van der Waals surface area contributed by atoms with Crippen molar-refractivity contribution in [3.8, 4) is 0 Å². The Morgan fingerprint density at radius 1 is 1.19 bits per heavy atom. The molecule has 1 aliphatic carbocycles. The second kappa shape index (κ2) is 6.50. The number of para-hydroxylation sites is 1. The average Bonchev–Trinajstić information content (AvgIpc) is 3.00. The van der Waals surface area contributed by atoms with Crippen molar-refractivity contribution in [1.82, 2.24) is 9.88 Å². The molecular weight excluding hydrogens is 278 g/mol. The minimum absolute atomic E-state index is 0.572. The standard InChI is InChI=1S/C17H21N3S/c18-17(21)12-20(15-6-2-3-7-15)11-14-10-9-13-5-1-4-8-16(13)19-14/h1,4-5,8-10,15H,2-3,6-7,11-12H2,(H2,18,21). The molecule has 0 aliphatic heterocycles. The summed E-state index contributed by atoms with van der Waals surface area (Å²) in [6.45, 7) is 1.52. The van der Waals surface area contributed by atoms with E-state index in [-0.39, 0.29) is 0 Å². The van der Waals surface area contributed by atoms with Gasteiger partial charge in [-0.25, -0.2) is 0 Å². The predicted molar refractivity (Wildman–Crippen MR) is 91.2 cm³/mol. The minimum Gasteiger partial charge on any atom is -0.392 e. The highest BCUT2D eigenvalue weighted by molar-refractivity contribution is 7.80. The lowest BCUT2D eigenvalue weighted by atomic mass is 10.1. The van der Waals surface area contributed by atoms with E-state index in [1.807, 2.05) is 12.1 Å². The second-order valence-electron chi connectivity index (χ2n) is 5.80. The number of thiocarbonyl (C=S) groups is 1. The summed E-state index contributed by atoms with van der Waals surface area (Å²) in [6, 6.07) is 13.1. The highest BCUT2D eigenvalue weighted by Crippen LogP contribution is 2.25. The summed E-state index contributed by atoms with van der Waals surface area (Å²) in [5, 5.41) is 1.18. The van der Waals surface area contributed by atoms with Gasteiger partial charge in [0.2, 0.25) is 0 Å². The first kappa shape index (κ1) is 14.4. The molecule has 0 bridgehead atoms. The molecule has 3 nitrogen and oxygen atoms in total. The number of hydrogen-bond acceptors (Lipinski definition) is 3. The maximum absolute atomic E-state index is 5.77. The van der Waals surface area contributed by atoms with Gasteiger partial charge >= 0.3 is 0 Å². The van der Waals surface area contributed by atoms with Crippen LogP contribution in [0.5, 0.6) is 0 Å². The molecule has 2 aromatic rings. The molecule has 2 N–H and O–H groups in total. The van der Waals surface area contributed by atoms with Gasteiger partial charge in [-0.1, -0.05) is 49.3 Å². The first-order valence-corrected chi connectivity index (χ1v) is 8.00. The van der Waals surface area contributed by atoms with Gasteiger partial charge in [0.05, 0.1) is 16.2 Å². The number of hydrogen-bond donors (Lipinski definition) is 1. The zero-order valence-electron chi connectivity index (χ0n) is 12.2. The van der Waals surface area contributed by atoms with Crippen molar-refractivity contribution in [2.24, 2.45) is 5.73 Å². The number of aromatic nitrogens is 1. The molecule has 1 aromatic heterocycles. The molecule has 1 aromatic carbocycles. The van der Waals surface area contributed by atoms with Crippen molar-refractivity contribution >= 4 is 28.1 Å². The molecule has 4 heteroatoms. The molecule has 0 spiro atoms. The van der Waals surface area contributed by atoms with Crippen LogP contribution in [0.15, 0.2) is 36.4 Å². The predicted octanol–water partition coefficient (Wildman–Crippen LogP) is 3.27. The molecule has 1 saturated carbocycles. The lowest BCUT2D eigenvalue weighted by Gasteiger charge is -2.28. The molecule has 3 rings (SSSR count). The van der Waals surface area contributed by atoms with Crippen LogP contribution in [0, 0.1) is 0 Å². The molecule has 0 unspecified atom stereocenters. The number of fused-ring (bicyclic) bond motifs is 1. The molecule has 0 radical (unpaired) electrons. The molecular formula is C17H21N3S. The quantitative estimate of drug-likeness (QED) is 0.861. The molecule has 0 saturated heterocycles. The van der Waals surface area contributed by atoms with Crippen LogP contribution in [0.4, 0.5) is 0 Å². The number of nitrogens with two attached hydrogens (primary N) is 1. The summed E-state index contributed by atoms with van der Waals surface area (Å²) in [7, 11) is 0. The fourth-order valence-corrected chi connectivity index (χ4v) is 3.35. The van der Waals surface area contributed by atoms with Gasteiger partial charge in [0.15, 0.2) is 0 Å². The maximum atomic E-state index is 5.77. The fourth-order valence-electron chi connectivity index (χ4n) is 3.19. The Balaban J connectivity index is 1.80. The van der Waals surface area contributed by atoms with Gasteiger partial charge in [-0.3, -0.25) is 9.88 Å². The van der Waals surface area contributed by atoms with Crippen molar-refractivity contribution in [3.63, 3.8) is 0 Å². The lowest BCUT2D eigenvalue weighted by molar-refractivity contribution is 0.216. The number of rotatable bonds is 5. The first-order valence-electron chi connectivity index (χ1n) is 7.59. The molecule has 110 valence electrons. The Morgan fingerprint density at radius 2 is 1.95 bits per heavy atom. The van der Waals surface area contributed by atoms with Crippen LogP contribution in [0.1, 0.15) is 31.4 Å². The van der Waals surface area contributed by atoms with Gasteiger partial charge in [-0.2, -0.15) is 0 Å². The maximum Gasteiger partial charge on any atom is 0.0870 e. The van der Waals surface area contributed by atoms with E-state index < -0.39 is 0 Å². The van der Waals surface area contributed by atoms with Crippen molar-refractivity contribution < 1.29 is 0 Å². The van der Waals surface area contributed by atoms with Crippen molar-refractivity contribution in [3.05, 3.63) is 42.1 Å². The van der Waals surface area contributed by atoms with E-state index in [0.29, 0.717) is 17.6 Å². The molecule has 1 aliphatic rings. The van der Waals surface area contributed by atoms with Gasteiger partial charge in [0, 0.05) is 24.5 Å². The van der Waals surface area contributed by atoms with Crippen LogP contribution >= 0.6 is 12.2 Å². The summed E-state index contributed by atoms with van der Waals surface area (Å²) >= 11 is 5.12. The highest BCUT2D eigenvalue weighted by atomic mass is 32.1. The average molecular weight is 299 g/mol. The molecule has 1 fully saturated rings. The highest BCUT2D eigenvalue weighted by Gasteiger charge is 2.23. The third kappa shape index (κ3) is 3.57. The van der Waals surface area contributed by atoms with E-state index in [0.717, 1.165) is 17.8 Å². The van der Waals surface area contributed by atoms with E-state index in [1.165, 1.54) is 31.1 Å². The van der Waals surface area contributed by atoms with Crippen LogP contribution in [0.2, 0.25) is 0 Å². The van der Waals surface area contributed by atoms with Gasteiger partial charge in [-0.15, -0.1) is 0 Å². The fraction of sp³-hybridized carbons (Fsp3) is 0.412. The van der Waals surface area contributed by atoms with Crippen LogP contribution in [0.3, 0.4) is 0 Å². The van der Waals surface area contributed by atoms with E-state index in [9.17, 15) is 0 Å². The smallest absolute Gasteiger partial charge is 0.0870 e. The number of benzene rings is 1. The van der Waals surface area contributed by atoms with Gasteiger partial charge in [0.25, 0.3) is 0 Å². The monoisotopic (exact) mass is 299 g/mol. The largest absolute Gasteiger partial charge is 0.392 e. The minimum atomic E-state index is 0.572. The summed E-state index contributed by atoms with van der Waals surface area (Å²) in [4.78, 5) is 7.74. The van der Waals surface area contributed by atoms with Crippen LogP contribution < -0.4 is 5.73 Å². The molecule has 0 amide bonds. The van der Waals surface area contributed by atoms with Crippen molar-refractivity contribution in [2.45, 2.75) is 38.3 Å². The molecule has 21 heavy (non-hydrogen) atoms. The Hall–Kier alpha value is -1.52. The van der Waals surface area contributed by atoms with Crippen LogP contribution in [-0.4, -0.2) is 27.5 Å². The normalized spacial score (nSPS) is 15.9. The second-order valence-corrected chi connectivity index (χ2v) is 6.33. The zero-order valence-corrected chi connectivity index (χ0v) is 13.0. The molecule has 1 heterocycles. The SMILES string of the molecule is NC(=S)CN(Cc1ccc2ccccc2n1)C1CCCC1. The number of pyridine rings is 1. The van der Waals surface area contributed by atoms with Gasteiger partial charge in [0.1, 0.15) is 0 Å².